The van der Waals surface area contributed by atoms with Gasteiger partial charge in [-0.3, -0.25) is 0 Å². The van der Waals surface area contributed by atoms with Crippen molar-refractivity contribution < 1.29 is 4.74 Å². The van der Waals surface area contributed by atoms with Crippen LogP contribution in [-0.2, 0) is 0 Å². The minimum atomic E-state index is 0.138. The molecule has 0 bridgehead atoms. The smallest absolute Gasteiger partial charge is 0.138 e. The Bertz CT molecular complexity index is 430. The monoisotopic (exact) mass is 296 g/mol. The summed E-state index contributed by atoms with van der Waals surface area (Å²) in [6.07, 6.45) is 3.86. The molecule has 4 heteroatoms. The number of rotatable bonds is 6. The van der Waals surface area contributed by atoms with Crippen molar-refractivity contribution in [3.63, 3.8) is 0 Å². The maximum atomic E-state index is 6.25. The zero-order valence-electron chi connectivity index (χ0n) is 12.6. The molecule has 0 aromatic heterocycles. The lowest BCUT2D eigenvalue weighted by molar-refractivity contribution is 0.242. The molecule has 1 aromatic rings. The van der Waals surface area contributed by atoms with E-state index < -0.39 is 0 Å². The lowest BCUT2D eigenvalue weighted by Crippen LogP contribution is -2.29. The van der Waals surface area contributed by atoms with Crippen LogP contribution >= 0.6 is 11.6 Å². The van der Waals surface area contributed by atoms with Crippen LogP contribution in [0.3, 0.4) is 0 Å². The van der Waals surface area contributed by atoms with Gasteiger partial charge in [0.25, 0.3) is 0 Å². The van der Waals surface area contributed by atoms with Gasteiger partial charge in [0.15, 0.2) is 0 Å². The van der Waals surface area contributed by atoms with Gasteiger partial charge in [-0.1, -0.05) is 11.6 Å². The van der Waals surface area contributed by atoms with Gasteiger partial charge >= 0.3 is 0 Å². The Morgan fingerprint density at radius 3 is 2.80 bits per heavy atom. The second-order valence-corrected chi connectivity index (χ2v) is 6.29. The summed E-state index contributed by atoms with van der Waals surface area (Å²) in [5.74, 6) is 0.748. The highest BCUT2D eigenvalue weighted by molar-refractivity contribution is 6.32. The zero-order chi connectivity index (χ0) is 14.5. The third-order valence-corrected chi connectivity index (χ3v) is 3.80. The Kier molecular flexibility index (Phi) is 5.55. The average Bonchev–Trinajstić information content (AvgIpc) is 2.85. The van der Waals surface area contributed by atoms with Crippen LogP contribution in [-0.4, -0.2) is 24.7 Å². The van der Waals surface area contributed by atoms with Crippen molar-refractivity contribution in [1.82, 2.24) is 5.32 Å². The number of ether oxygens (including phenoxy) is 1. The summed E-state index contributed by atoms with van der Waals surface area (Å²) < 4.78 is 5.64. The molecule has 2 rings (SSSR count). The number of hydrogen-bond acceptors (Lipinski definition) is 3. The van der Waals surface area contributed by atoms with Crippen LogP contribution in [0.15, 0.2) is 18.2 Å². The molecular formula is C16H25ClN2O. The molecule has 0 spiro atoms. The van der Waals surface area contributed by atoms with E-state index in [1.165, 1.54) is 12.8 Å². The second-order valence-electron chi connectivity index (χ2n) is 5.89. The topological polar surface area (TPSA) is 33.3 Å². The van der Waals surface area contributed by atoms with Crippen molar-refractivity contribution in [1.29, 1.82) is 0 Å². The van der Waals surface area contributed by atoms with Crippen molar-refractivity contribution in [2.45, 2.75) is 58.2 Å². The molecule has 2 N–H and O–H groups in total. The van der Waals surface area contributed by atoms with E-state index >= 15 is 0 Å². The Labute approximate surface area is 127 Å². The molecule has 0 saturated carbocycles. The fourth-order valence-electron chi connectivity index (χ4n) is 2.67. The standard InChI is InChI=1S/C16H25ClN2O/c1-11(2)20-16-7-6-14(10-15(16)17)19-12(3)9-13-5-4-8-18-13/h6-7,10-13,18-19H,4-5,8-9H2,1-3H3. The number of hydrogen-bond donors (Lipinski definition) is 2. The molecule has 3 nitrogen and oxygen atoms in total. The summed E-state index contributed by atoms with van der Waals surface area (Å²) >= 11 is 6.25. The van der Waals surface area contributed by atoms with Gasteiger partial charge < -0.3 is 15.4 Å². The van der Waals surface area contributed by atoms with Gasteiger partial charge in [0.1, 0.15) is 5.75 Å². The Hall–Kier alpha value is -0.930. The number of benzene rings is 1. The van der Waals surface area contributed by atoms with Gasteiger partial charge in [-0.15, -0.1) is 0 Å². The van der Waals surface area contributed by atoms with E-state index in [-0.39, 0.29) is 6.10 Å². The molecule has 1 fully saturated rings. The molecule has 112 valence electrons. The molecule has 1 saturated heterocycles. The second kappa shape index (κ2) is 7.19. The average molecular weight is 297 g/mol. The van der Waals surface area contributed by atoms with Crippen LogP contribution in [0, 0.1) is 0 Å². The zero-order valence-corrected chi connectivity index (χ0v) is 13.3. The van der Waals surface area contributed by atoms with Gasteiger partial charge in [0.2, 0.25) is 0 Å². The number of halogens is 1. The van der Waals surface area contributed by atoms with E-state index in [0.717, 1.165) is 24.4 Å². The third-order valence-electron chi connectivity index (χ3n) is 3.51. The first-order valence-electron chi connectivity index (χ1n) is 7.50. The summed E-state index contributed by atoms with van der Waals surface area (Å²) in [5.41, 5.74) is 1.05. The SMILES string of the molecule is CC(CC1CCCN1)Nc1ccc(OC(C)C)c(Cl)c1. The predicted octanol–water partition coefficient (Wildman–Crippen LogP) is 4.07. The van der Waals surface area contributed by atoms with Gasteiger partial charge in [-0.2, -0.15) is 0 Å². The van der Waals surface area contributed by atoms with Crippen LogP contribution in [0.4, 0.5) is 5.69 Å². The van der Waals surface area contributed by atoms with Crippen molar-refractivity contribution >= 4 is 17.3 Å². The highest BCUT2D eigenvalue weighted by Gasteiger charge is 2.17. The Balaban J connectivity index is 1.90. The quantitative estimate of drug-likeness (QED) is 0.830. The maximum absolute atomic E-state index is 6.25. The van der Waals surface area contributed by atoms with E-state index in [0.29, 0.717) is 17.1 Å². The van der Waals surface area contributed by atoms with Gasteiger partial charge in [0.05, 0.1) is 11.1 Å². The van der Waals surface area contributed by atoms with E-state index in [4.69, 9.17) is 16.3 Å². The fraction of sp³-hybridized carbons (Fsp3) is 0.625. The third kappa shape index (κ3) is 4.57. The van der Waals surface area contributed by atoms with Crippen molar-refractivity contribution in [2.75, 3.05) is 11.9 Å². The van der Waals surface area contributed by atoms with E-state index in [9.17, 15) is 0 Å². The van der Waals surface area contributed by atoms with Gasteiger partial charge in [-0.05, 0) is 64.8 Å². The largest absolute Gasteiger partial charge is 0.489 e. The first-order valence-corrected chi connectivity index (χ1v) is 7.88. The molecule has 1 aromatic carbocycles. The summed E-state index contributed by atoms with van der Waals surface area (Å²) in [6.45, 7) is 7.37. The van der Waals surface area contributed by atoms with E-state index in [2.05, 4.69) is 17.6 Å². The predicted molar refractivity (Wildman–Crippen MR) is 85.9 cm³/mol. The van der Waals surface area contributed by atoms with Crippen LogP contribution in [0.2, 0.25) is 5.02 Å². The normalized spacial score (nSPS) is 20.1. The highest BCUT2D eigenvalue weighted by Crippen LogP contribution is 2.29. The number of nitrogens with one attached hydrogen (secondary N) is 2. The van der Waals surface area contributed by atoms with Gasteiger partial charge in [-0.25, -0.2) is 0 Å². The van der Waals surface area contributed by atoms with E-state index in [1.807, 2.05) is 32.0 Å². The molecular weight excluding hydrogens is 272 g/mol. The van der Waals surface area contributed by atoms with Crippen LogP contribution in [0.1, 0.15) is 40.0 Å². The molecule has 2 unspecified atom stereocenters. The molecule has 0 amide bonds. The van der Waals surface area contributed by atoms with Crippen LogP contribution in [0.25, 0.3) is 0 Å². The maximum Gasteiger partial charge on any atom is 0.138 e. The van der Waals surface area contributed by atoms with Crippen LogP contribution in [0.5, 0.6) is 5.75 Å². The first kappa shape index (κ1) is 15.5. The van der Waals surface area contributed by atoms with Crippen molar-refractivity contribution in [3.05, 3.63) is 23.2 Å². The Morgan fingerprint density at radius 2 is 2.20 bits per heavy atom. The first-order chi connectivity index (χ1) is 9.54. The summed E-state index contributed by atoms with van der Waals surface area (Å²) in [5, 5.41) is 7.70. The molecule has 1 aliphatic rings. The lowest BCUT2D eigenvalue weighted by Gasteiger charge is -2.20. The van der Waals surface area contributed by atoms with E-state index in [1.54, 1.807) is 0 Å². The van der Waals surface area contributed by atoms with Crippen molar-refractivity contribution in [3.8, 4) is 5.75 Å². The van der Waals surface area contributed by atoms with Gasteiger partial charge in [0, 0.05) is 17.8 Å². The molecule has 1 heterocycles. The molecule has 0 radical (unpaired) electrons. The lowest BCUT2D eigenvalue weighted by atomic mass is 10.1. The Morgan fingerprint density at radius 1 is 1.40 bits per heavy atom. The number of anilines is 1. The summed E-state index contributed by atoms with van der Waals surface area (Å²) in [7, 11) is 0. The fourth-order valence-corrected chi connectivity index (χ4v) is 2.89. The molecule has 2 atom stereocenters. The van der Waals surface area contributed by atoms with Crippen LogP contribution < -0.4 is 15.4 Å². The minimum Gasteiger partial charge on any atom is -0.489 e. The summed E-state index contributed by atoms with van der Waals surface area (Å²) in [4.78, 5) is 0. The molecule has 0 aliphatic carbocycles. The molecule has 1 aliphatic heterocycles. The molecule has 20 heavy (non-hydrogen) atoms. The highest BCUT2D eigenvalue weighted by atomic mass is 35.5. The minimum absolute atomic E-state index is 0.138. The van der Waals surface area contributed by atoms with Crippen molar-refractivity contribution in [2.24, 2.45) is 0 Å². The summed E-state index contributed by atoms with van der Waals surface area (Å²) in [6, 6.07) is 6.99.